The molecule has 0 spiro atoms. The van der Waals surface area contributed by atoms with Crippen LogP contribution in [0.25, 0.3) is 0 Å². The zero-order valence-electron chi connectivity index (χ0n) is 10.7. The van der Waals surface area contributed by atoms with Gasteiger partial charge >= 0.3 is 0 Å². The first-order valence-electron chi connectivity index (χ1n) is 6.86. The lowest BCUT2D eigenvalue weighted by Crippen LogP contribution is -2.47. The molecule has 0 aromatic carbocycles. The molecule has 1 amide bonds. The molecule has 1 heterocycles. The topological polar surface area (TPSA) is 52.6 Å². The molecule has 17 heavy (non-hydrogen) atoms. The van der Waals surface area contributed by atoms with Crippen molar-refractivity contribution < 1.29 is 9.90 Å². The smallest absolute Gasteiger partial charge is 0.230 e. The Bertz CT molecular complexity index is 271. The predicted octanol–water partition coefficient (Wildman–Crippen LogP) is 0.750. The maximum absolute atomic E-state index is 12.7. The van der Waals surface area contributed by atoms with Gasteiger partial charge in [0.05, 0.1) is 12.0 Å². The number of hydrogen-bond donors (Lipinski definition) is 2. The zero-order chi connectivity index (χ0) is 12.3. The van der Waals surface area contributed by atoms with Gasteiger partial charge in [0.1, 0.15) is 0 Å². The average Bonchev–Trinajstić information content (AvgIpc) is 3.06. The molecule has 0 radical (unpaired) electrons. The summed E-state index contributed by atoms with van der Waals surface area (Å²) in [6, 6.07) is 0.406. The fourth-order valence-corrected chi connectivity index (χ4v) is 2.97. The van der Waals surface area contributed by atoms with Gasteiger partial charge in [-0.15, -0.1) is 0 Å². The molecule has 1 atom stereocenters. The van der Waals surface area contributed by atoms with Gasteiger partial charge in [-0.25, -0.2) is 0 Å². The highest BCUT2D eigenvalue weighted by molar-refractivity contribution is 5.84. The van der Waals surface area contributed by atoms with Crippen LogP contribution in [0.5, 0.6) is 0 Å². The third kappa shape index (κ3) is 2.63. The maximum atomic E-state index is 12.7. The van der Waals surface area contributed by atoms with Crippen LogP contribution < -0.4 is 5.32 Å². The molecule has 1 unspecified atom stereocenters. The lowest BCUT2D eigenvalue weighted by molar-refractivity contribution is -0.142. The van der Waals surface area contributed by atoms with Crippen molar-refractivity contribution in [2.45, 2.75) is 45.1 Å². The van der Waals surface area contributed by atoms with Gasteiger partial charge in [0.2, 0.25) is 5.91 Å². The van der Waals surface area contributed by atoms with Gasteiger partial charge in [-0.3, -0.25) is 4.79 Å². The molecule has 4 nitrogen and oxygen atoms in total. The van der Waals surface area contributed by atoms with Crippen LogP contribution in [0.2, 0.25) is 0 Å². The van der Waals surface area contributed by atoms with Gasteiger partial charge in [-0.1, -0.05) is 13.3 Å². The fourth-order valence-electron chi connectivity index (χ4n) is 2.97. The highest BCUT2D eigenvalue weighted by Crippen LogP contribution is 2.37. The molecule has 2 rings (SSSR count). The summed E-state index contributed by atoms with van der Waals surface area (Å²) in [5, 5.41) is 12.4. The van der Waals surface area contributed by atoms with E-state index in [1.807, 2.05) is 4.90 Å². The first kappa shape index (κ1) is 12.8. The van der Waals surface area contributed by atoms with E-state index in [0.29, 0.717) is 12.6 Å². The lowest BCUT2D eigenvalue weighted by atomic mass is 9.81. The molecule has 1 saturated carbocycles. The van der Waals surface area contributed by atoms with E-state index in [4.69, 9.17) is 5.11 Å². The van der Waals surface area contributed by atoms with E-state index < -0.39 is 0 Å². The predicted molar refractivity (Wildman–Crippen MR) is 66.6 cm³/mol. The first-order valence-corrected chi connectivity index (χ1v) is 6.86. The summed E-state index contributed by atoms with van der Waals surface area (Å²) in [4.78, 5) is 14.6. The minimum atomic E-state index is -0.188. The molecule has 4 heteroatoms. The number of nitrogens with zero attached hydrogens (tertiary/aromatic N) is 1. The molecule has 1 aliphatic carbocycles. The Hall–Kier alpha value is -0.610. The number of carbonyl (C=O) groups is 1. The Labute approximate surface area is 103 Å². The van der Waals surface area contributed by atoms with Crippen molar-refractivity contribution in [1.82, 2.24) is 10.2 Å². The molecule has 0 bridgehead atoms. The molecule has 0 aromatic heterocycles. The highest BCUT2D eigenvalue weighted by Gasteiger charge is 2.45. The molecule has 2 N–H and O–H groups in total. The quantitative estimate of drug-likeness (QED) is 0.720. The second-order valence-corrected chi connectivity index (χ2v) is 5.41. The van der Waals surface area contributed by atoms with Crippen molar-refractivity contribution in [3.8, 4) is 0 Å². The minimum Gasteiger partial charge on any atom is -0.395 e. The Balaban J connectivity index is 2.08. The normalized spacial score (nSPS) is 28.4. The Kier molecular flexibility index (Phi) is 4.05. The monoisotopic (exact) mass is 240 g/mol. The summed E-state index contributed by atoms with van der Waals surface area (Å²) in [5.74, 6) is 0.279. The number of nitrogens with one attached hydrogen (secondary N) is 1. The van der Waals surface area contributed by atoms with Crippen LogP contribution in [0.1, 0.15) is 39.0 Å². The Morgan fingerprint density at radius 1 is 1.53 bits per heavy atom. The van der Waals surface area contributed by atoms with E-state index in [1.165, 1.54) is 0 Å². The number of rotatable bonds is 6. The second-order valence-electron chi connectivity index (χ2n) is 5.41. The molecule has 98 valence electrons. The van der Waals surface area contributed by atoms with Crippen LogP contribution in [0.4, 0.5) is 0 Å². The summed E-state index contributed by atoms with van der Waals surface area (Å²) < 4.78 is 0. The summed E-state index contributed by atoms with van der Waals surface area (Å²) >= 11 is 0. The molecular formula is C13H24N2O2. The minimum absolute atomic E-state index is 0.0812. The van der Waals surface area contributed by atoms with Crippen molar-refractivity contribution in [3.05, 3.63) is 0 Å². The van der Waals surface area contributed by atoms with E-state index in [2.05, 4.69) is 12.2 Å². The van der Waals surface area contributed by atoms with Crippen LogP contribution >= 0.6 is 0 Å². The highest BCUT2D eigenvalue weighted by atomic mass is 16.3. The van der Waals surface area contributed by atoms with Crippen LogP contribution in [0.15, 0.2) is 0 Å². The van der Waals surface area contributed by atoms with E-state index in [1.54, 1.807) is 0 Å². The number of aliphatic hydroxyl groups excluding tert-OH is 1. The van der Waals surface area contributed by atoms with Crippen LogP contribution in [0.3, 0.4) is 0 Å². The summed E-state index contributed by atoms with van der Waals surface area (Å²) in [6.45, 7) is 4.49. The molecule has 1 aliphatic heterocycles. The third-order valence-corrected chi connectivity index (χ3v) is 4.02. The van der Waals surface area contributed by atoms with Crippen LogP contribution in [-0.2, 0) is 4.79 Å². The van der Waals surface area contributed by atoms with Crippen molar-refractivity contribution in [2.24, 2.45) is 5.41 Å². The summed E-state index contributed by atoms with van der Waals surface area (Å²) in [6.07, 6.45) is 5.19. The third-order valence-electron chi connectivity index (χ3n) is 4.02. The molecule has 2 aliphatic rings. The van der Waals surface area contributed by atoms with E-state index in [-0.39, 0.29) is 17.9 Å². The Morgan fingerprint density at radius 2 is 2.29 bits per heavy atom. The standard InChI is InChI=1S/C13H24N2O2/c1-2-5-13(6-7-14-10-13)12(17)15(8-9-16)11-3-4-11/h11,14,16H,2-10H2,1H3. The van der Waals surface area contributed by atoms with Gasteiger partial charge < -0.3 is 15.3 Å². The van der Waals surface area contributed by atoms with Gasteiger partial charge in [0, 0.05) is 19.1 Å². The van der Waals surface area contributed by atoms with E-state index in [9.17, 15) is 4.79 Å². The molecule has 1 saturated heterocycles. The number of hydrogen-bond acceptors (Lipinski definition) is 3. The fraction of sp³-hybridized carbons (Fsp3) is 0.923. The largest absolute Gasteiger partial charge is 0.395 e. The SMILES string of the molecule is CCCC1(C(=O)N(CCO)C2CC2)CCNC1. The number of carbonyl (C=O) groups excluding carboxylic acids is 1. The number of aliphatic hydroxyl groups is 1. The zero-order valence-corrected chi connectivity index (χ0v) is 10.7. The van der Waals surface area contributed by atoms with E-state index >= 15 is 0 Å². The molecular weight excluding hydrogens is 216 g/mol. The average molecular weight is 240 g/mol. The molecule has 2 fully saturated rings. The lowest BCUT2D eigenvalue weighted by Gasteiger charge is -2.33. The molecule has 0 aromatic rings. The van der Waals surface area contributed by atoms with Crippen molar-refractivity contribution in [2.75, 3.05) is 26.2 Å². The first-order chi connectivity index (χ1) is 8.23. The van der Waals surface area contributed by atoms with Crippen molar-refractivity contribution in [1.29, 1.82) is 0 Å². The van der Waals surface area contributed by atoms with Crippen molar-refractivity contribution >= 4 is 5.91 Å². The van der Waals surface area contributed by atoms with Crippen LogP contribution in [0, 0.1) is 5.41 Å². The van der Waals surface area contributed by atoms with Crippen LogP contribution in [-0.4, -0.2) is 48.2 Å². The van der Waals surface area contributed by atoms with Gasteiger partial charge in [0.25, 0.3) is 0 Å². The van der Waals surface area contributed by atoms with Crippen molar-refractivity contribution in [3.63, 3.8) is 0 Å². The maximum Gasteiger partial charge on any atom is 0.230 e. The van der Waals surface area contributed by atoms with Gasteiger partial charge in [-0.05, 0) is 32.2 Å². The van der Waals surface area contributed by atoms with E-state index in [0.717, 1.165) is 45.2 Å². The summed E-state index contributed by atoms with van der Waals surface area (Å²) in [5.41, 5.74) is -0.188. The Morgan fingerprint density at radius 3 is 2.76 bits per heavy atom. The summed E-state index contributed by atoms with van der Waals surface area (Å²) in [7, 11) is 0. The number of amides is 1. The van der Waals surface area contributed by atoms with Gasteiger partial charge in [-0.2, -0.15) is 0 Å². The second kappa shape index (κ2) is 5.36. The van der Waals surface area contributed by atoms with Gasteiger partial charge in [0.15, 0.2) is 0 Å².